The number of carbonyl (C=O) groups excluding carboxylic acids is 1. The van der Waals surface area contributed by atoms with Crippen molar-refractivity contribution in [1.82, 2.24) is 10.3 Å². The van der Waals surface area contributed by atoms with Crippen molar-refractivity contribution in [2.45, 2.75) is 32.2 Å². The lowest BCUT2D eigenvalue weighted by molar-refractivity contribution is -0.146. The van der Waals surface area contributed by atoms with E-state index in [1.54, 1.807) is 12.4 Å². The number of carbonyl (C=O) groups is 2. The van der Waals surface area contributed by atoms with Gasteiger partial charge in [0.2, 0.25) is 5.91 Å². The Kier molecular flexibility index (Phi) is 4.14. The number of hydrogen-bond donors (Lipinski definition) is 2. The molecule has 19 heavy (non-hydrogen) atoms. The van der Waals surface area contributed by atoms with E-state index in [1.807, 2.05) is 19.1 Å². The molecule has 1 fully saturated rings. The van der Waals surface area contributed by atoms with Crippen molar-refractivity contribution in [3.8, 4) is 0 Å². The van der Waals surface area contributed by atoms with Gasteiger partial charge in [0.1, 0.15) is 0 Å². The lowest BCUT2D eigenvalue weighted by Gasteiger charge is -2.19. The van der Waals surface area contributed by atoms with Gasteiger partial charge in [-0.3, -0.25) is 14.6 Å². The Morgan fingerprint density at radius 3 is 2.79 bits per heavy atom. The summed E-state index contributed by atoms with van der Waals surface area (Å²) in [6.45, 7) is 1.87. The van der Waals surface area contributed by atoms with E-state index in [-0.39, 0.29) is 11.9 Å². The third-order valence-electron chi connectivity index (χ3n) is 3.71. The number of pyridine rings is 1. The highest BCUT2D eigenvalue weighted by atomic mass is 16.4. The van der Waals surface area contributed by atoms with E-state index in [0.29, 0.717) is 12.8 Å². The fourth-order valence-electron chi connectivity index (χ4n) is 2.61. The average molecular weight is 262 g/mol. The highest BCUT2D eigenvalue weighted by Gasteiger charge is 2.38. The van der Waals surface area contributed by atoms with E-state index in [9.17, 15) is 9.59 Å². The second-order valence-corrected chi connectivity index (χ2v) is 5.00. The van der Waals surface area contributed by atoms with Gasteiger partial charge >= 0.3 is 5.97 Å². The minimum Gasteiger partial charge on any atom is -0.481 e. The minimum atomic E-state index is -0.869. The van der Waals surface area contributed by atoms with Crippen LogP contribution in [0.1, 0.15) is 37.8 Å². The zero-order valence-electron chi connectivity index (χ0n) is 10.9. The Balaban J connectivity index is 1.99. The Hall–Kier alpha value is -1.91. The number of carboxylic acids is 1. The molecule has 0 saturated heterocycles. The summed E-state index contributed by atoms with van der Waals surface area (Å²) in [7, 11) is 0. The Morgan fingerprint density at radius 2 is 2.16 bits per heavy atom. The predicted octanol–water partition coefficient (Wildman–Crippen LogP) is 1.76. The van der Waals surface area contributed by atoms with Gasteiger partial charge < -0.3 is 10.4 Å². The lowest BCUT2D eigenvalue weighted by atomic mass is 9.95. The Morgan fingerprint density at radius 1 is 1.42 bits per heavy atom. The molecule has 1 aliphatic rings. The topological polar surface area (TPSA) is 79.3 Å². The number of nitrogens with one attached hydrogen (secondary N) is 1. The van der Waals surface area contributed by atoms with Crippen LogP contribution < -0.4 is 5.32 Å². The Labute approximate surface area is 112 Å². The number of aliphatic carboxylic acids is 1. The fraction of sp³-hybridized carbons (Fsp3) is 0.500. The fourth-order valence-corrected chi connectivity index (χ4v) is 2.61. The SMILES string of the molecule is C[C@H](NC(=O)[C@@H]1CCC[C@@H]1C(=O)O)c1cccnc1. The molecular formula is C14H18N2O3. The van der Waals surface area contributed by atoms with Gasteiger partial charge in [-0.25, -0.2) is 0 Å². The monoisotopic (exact) mass is 262 g/mol. The van der Waals surface area contributed by atoms with Crippen molar-refractivity contribution in [2.24, 2.45) is 11.8 Å². The summed E-state index contributed by atoms with van der Waals surface area (Å²) < 4.78 is 0. The highest BCUT2D eigenvalue weighted by molar-refractivity contribution is 5.85. The first-order chi connectivity index (χ1) is 9.09. The van der Waals surface area contributed by atoms with Gasteiger partial charge in [-0.05, 0) is 31.4 Å². The molecule has 5 nitrogen and oxygen atoms in total. The summed E-state index contributed by atoms with van der Waals surface area (Å²) in [5, 5.41) is 12.0. The molecular weight excluding hydrogens is 244 g/mol. The van der Waals surface area contributed by atoms with Crippen molar-refractivity contribution in [3.63, 3.8) is 0 Å². The van der Waals surface area contributed by atoms with Crippen molar-refractivity contribution in [3.05, 3.63) is 30.1 Å². The molecule has 0 spiro atoms. The quantitative estimate of drug-likeness (QED) is 0.866. The summed E-state index contributed by atoms with van der Waals surface area (Å²) >= 11 is 0. The molecule has 5 heteroatoms. The first kappa shape index (κ1) is 13.5. The van der Waals surface area contributed by atoms with Crippen LogP contribution in [-0.2, 0) is 9.59 Å². The third-order valence-corrected chi connectivity index (χ3v) is 3.71. The number of carboxylic acid groups (broad SMARTS) is 1. The maximum Gasteiger partial charge on any atom is 0.307 e. The van der Waals surface area contributed by atoms with Crippen LogP contribution >= 0.6 is 0 Å². The molecule has 1 aliphatic carbocycles. The summed E-state index contributed by atoms with van der Waals surface area (Å²) in [5.41, 5.74) is 0.917. The third kappa shape index (κ3) is 3.10. The highest BCUT2D eigenvalue weighted by Crippen LogP contribution is 2.32. The van der Waals surface area contributed by atoms with Crippen LogP contribution in [0.25, 0.3) is 0 Å². The van der Waals surface area contributed by atoms with Gasteiger partial charge in [-0.15, -0.1) is 0 Å². The molecule has 0 aromatic carbocycles. The summed E-state index contributed by atoms with van der Waals surface area (Å²) in [5.74, 6) is -1.98. The maximum absolute atomic E-state index is 12.1. The van der Waals surface area contributed by atoms with Gasteiger partial charge in [0.25, 0.3) is 0 Å². The van der Waals surface area contributed by atoms with E-state index >= 15 is 0 Å². The zero-order chi connectivity index (χ0) is 13.8. The minimum absolute atomic E-state index is 0.156. The molecule has 1 saturated carbocycles. The molecule has 0 unspecified atom stereocenters. The molecule has 2 rings (SSSR count). The molecule has 0 bridgehead atoms. The molecule has 1 heterocycles. The van der Waals surface area contributed by atoms with E-state index in [2.05, 4.69) is 10.3 Å². The smallest absolute Gasteiger partial charge is 0.307 e. The van der Waals surface area contributed by atoms with Crippen LogP contribution in [0.5, 0.6) is 0 Å². The number of rotatable bonds is 4. The van der Waals surface area contributed by atoms with Crippen molar-refractivity contribution in [1.29, 1.82) is 0 Å². The van der Waals surface area contributed by atoms with Crippen molar-refractivity contribution < 1.29 is 14.7 Å². The van der Waals surface area contributed by atoms with Crippen LogP contribution in [0.2, 0.25) is 0 Å². The van der Waals surface area contributed by atoms with Crippen LogP contribution in [0.4, 0.5) is 0 Å². The largest absolute Gasteiger partial charge is 0.481 e. The van der Waals surface area contributed by atoms with Gasteiger partial charge in [-0.1, -0.05) is 12.5 Å². The molecule has 0 radical (unpaired) electrons. The van der Waals surface area contributed by atoms with E-state index in [0.717, 1.165) is 12.0 Å². The number of aromatic nitrogens is 1. The molecule has 1 aromatic rings. The molecule has 0 aliphatic heterocycles. The van der Waals surface area contributed by atoms with Crippen LogP contribution in [-0.4, -0.2) is 22.0 Å². The molecule has 102 valence electrons. The van der Waals surface area contributed by atoms with E-state index in [1.165, 1.54) is 0 Å². The molecule has 1 aromatic heterocycles. The average Bonchev–Trinajstić information content (AvgIpc) is 2.89. The van der Waals surface area contributed by atoms with Gasteiger partial charge in [0, 0.05) is 12.4 Å². The van der Waals surface area contributed by atoms with Crippen molar-refractivity contribution >= 4 is 11.9 Å². The van der Waals surface area contributed by atoms with Crippen LogP contribution in [0.3, 0.4) is 0 Å². The second-order valence-electron chi connectivity index (χ2n) is 5.00. The second kappa shape index (κ2) is 5.82. The van der Waals surface area contributed by atoms with Crippen molar-refractivity contribution in [2.75, 3.05) is 0 Å². The number of hydrogen-bond acceptors (Lipinski definition) is 3. The standard InChI is InChI=1S/C14H18N2O3/c1-9(10-4-3-7-15-8-10)16-13(17)11-5-2-6-12(11)14(18)19/h3-4,7-9,11-12H,2,5-6H2,1H3,(H,16,17)(H,18,19)/t9-,11+,12-/m0/s1. The zero-order valence-corrected chi connectivity index (χ0v) is 10.9. The Bertz CT molecular complexity index is 461. The van der Waals surface area contributed by atoms with E-state index in [4.69, 9.17) is 5.11 Å². The van der Waals surface area contributed by atoms with Crippen LogP contribution in [0, 0.1) is 11.8 Å². The van der Waals surface area contributed by atoms with Crippen LogP contribution in [0.15, 0.2) is 24.5 Å². The van der Waals surface area contributed by atoms with Gasteiger partial charge in [0.05, 0.1) is 17.9 Å². The van der Waals surface area contributed by atoms with Gasteiger partial charge in [0.15, 0.2) is 0 Å². The summed E-state index contributed by atoms with van der Waals surface area (Å²) in [6, 6.07) is 3.55. The van der Waals surface area contributed by atoms with Gasteiger partial charge in [-0.2, -0.15) is 0 Å². The summed E-state index contributed by atoms with van der Waals surface area (Å²) in [4.78, 5) is 27.2. The maximum atomic E-state index is 12.1. The van der Waals surface area contributed by atoms with E-state index < -0.39 is 17.8 Å². The molecule has 1 amide bonds. The first-order valence-electron chi connectivity index (χ1n) is 6.52. The number of amides is 1. The normalized spacial score (nSPS) is 23.8. The number of nitrogens with zero attached hydrogens (tertiary/aromatic N) is 1. The molecule has 2 N–H and O–H groups in total. The lowest BCUT2D eigenvalue weighted by Crippen LogP contribution is -2.36. The molecule has 3 atom stereocenters. The summed E-state index contributed by atoms with van der Waals surface area (Å²) in [6.07, 6.45) is 5.43. The first-order valence-corrected chi connectivity index (χ1v) is 6.52. The predicted molar refractivity (Wildman–Crippen MR) is 69.3 cm³/mol.